The lowest BCUT2D eigenvalue weighted by atomic mass is 9.85. The van der Waals surface area contributed by atoms with E-state index in [2.05, 4.69) is 10.0 Å². The van der Waals surface area contributed by atoms with E-state index in [4.69, 9.17) is 13.9 Å². The highest BCUT2D eigenvalue weighted by Crippen LogP contribution is 2.45. The number of allylic oxidation sites excluding steroid dienone is 2. The third-order valence-corrected chi connectivity index (χ3v) is 7.34. The molecule has 9 heteroatoms. The van der Waals surface area contributed by atoms with Crippen molar-refractivity contribution >= 4 is 16.1 Å². The van der Waals surface area contributed by atoms with Crippen LogP contribution in [0.4, 0.5) is 4.79 Å². The Morgan fingerprint density at radius 3 is 2.31 bits per heavy atom. The molecule has 0 radical (unpaired) electrons. The number of carbonyl (C=O) groups is 1. The first-order chi connectivity index (χ1) is 14.0. The number of sulfonamides is 1. The Kier molecular flexibility index (Phi) is 4.76. The predicted octanol–water partition coefficient (Wildman–Crippen LogP) is 3.05. The molecule has 0 atom stereocenters. The van der Waals surface area contributed by atoms with Gasteiger partial charge >= 0.3 is 6.03 Å². The zero-order valence-electron chi connectivity index (χ0n) is 16.0. The molecule has 0 spiro atoms. The number of ether oxygens (including phenoxy) is 2. The van der Waals surface area contributed by atoms with E-state index >= 15 is 0 Å². The first-order valence-corrected chi connectivity index (χ1v) is 11.6. The first kappa shape index (κ1) is 18.9. The van der Waals surface area contributed by atoms with Crippen molar-refractivity contribution < 1.29 is 27.1 Å². The maximum Gasteiger partial charge on any atom is 0.329 e. The lowest BCUT2D eigenvalue weighted by Crippen LogP contribution is -2.46. The van der Waals surface area contributed by atoms with Crippen LogP contribution in [0.3, 0.4) is 0 Å². The van der Waals surface area contributed by atoms with E-state index in [1.807, 2.05) is 0 Å². The molecule has 8 nitrogen and oxygen atoms in total. The topological polar surface area (TPSA) is 107 Å². The van der Waals surface area contributed by atoms with Crippen LogP contribution >= 0.6 is 0 Å². The molecule has 1 fully saturated rings. The third-order valence-electron chi connectivity index (χ3n) is 6.14. The van der Waals surface area contributed by atoms with Gasteiger partial charge < -0.3 is 19.2 Å². The van der Waals surface area contributed by atoms with Crippen LogP contribution in [0.25, 0.3) is 0 Å². The van der Waals surface area contributed by atoms with Gasteiger partial charge in [-0.25, -0.2) is 9.52 Å². The van der Waals surface area contributed by atoms with E-state index in [0.717, 1.165) is 44.9 Å². The van der Waals surface area contributed by atoms with Gasteiger partial charge in [0.15, 0.2) is 6.29 Å². The van der Waals surface area contributed by atoms with Gasteiger partial charge in [-0.05, 0) is 56.1 Å². The molecule has 2 amide bonds. The molecule has 0 saturated carbocycles. The zero-order chi connectivity index (χ0) is 20.0. The predicted molar refractivity (Wildman–Crippen MR) is 102 cm³/mol. The minimum Gasteiger partial charge on any atom is -0.451 e. The summed E-state index contributed by atoms with van der Waals surface area (Å²) in [5.74, 6) is 0. The van der Waals surface area contributed by atoms with Gasteiger partial charge in [0.1, 0.15) is 6.26 Å². The van der Waals surface area contributed by atoms with Crippen LogP contribution in [-0.2, 0) is 19.5 Å². The van der Waals surface area contributed by atoms with E-state index in [1.54, 1.807) is 0 Å². The van der Waals surface area contributed by atoms with Gasteiger partial charge in [0, 0.05) is 11.6 Å². The lowest BCUT2D eigenvalue weighted by Gasteiger charge is -2.28. The molecule has 1 saturated heterocycles. The molecule has 0 bridgehead atoms. The molecule has 3 aliphatic carbocycles. The number of rotatable bonds is 4. The summed E-state index contributed by atoms with van der Waals surface area (Å²) < 4.78 is 43.1. The standard InChI is InChI=1S/C20H24N2O6S/c23-20(21-18-15-5-1-3-12(15)9-13-4-2-6-16(13)18)22-29(24,25)17-10-14(11-28-17)19-26-7-8-27-19/h10-11,18-19H,1-9H2,(H2,21,22,23). The second kappa shape index (κ2) is 7.30. The summed E-state index contributed by atoms with van der Waals surface area (Å²) in [5, 5.41) is 2.57. The number of carbonyl (C=O) groups excluding carboxylic acids is 1. The minimum absolute atomic E-state index is 0.179. The van der Waals surface area contributed by atoms with Crippen LogP contribution in [0.1, 0.15) is 56.8 Å². The van der Waals surface area contributed by atoms with Crippen LogP contribution in [0.2, 0.25) is 0 Å². The number of hydrogen-bond donors (Lipinski definition) is 2. The van der Waals surface area contributed by atoms with E-state index in [-0.39, 0.29) is 11.1 Å². The Balaban J connectivity index is 1.30. The van der Waals surface area contributed by atoms with Crippen molar-refractivity contribution in [2.45, 2.75) is 62.4 Å². The van der Waals surface area contributed by atoms with Crippen molar-refractivity contribution in [2.75, 3.05) is 13.2 Å². The quantitative estimate of drug-likeness (QED) is 0.725. The monoisotopic (exact) mass is 420 g/mol. The fraction of sp³-hybridized carbons (Fsp3) is 0.550. The van der Waals surface area contributed by atoms with Crippen molar-refractivity contribution in [3.05, 3.63) is 40.2 Å². The summed E-state index contributed by atoms with van der Waals surface area (Å²) in [6, 6.07) is 0.406. The molecule has 0 unspecified atom stereocenters. The molecule has 5 rings (SSSR count). The van der Waals surface area contributed by atoms with Crippen molar-refractivity contribution in [3.8, 4) is 0 Å². The fourth-order valence-corrected chi connectivity index (χ4v) is 5.75. The SMILES string of the molecule is O=C(NC1C2=C(CCC2)CC2=C1CCC2)NS(=O)(=O)c1cc(C2OCCO2)co1. The van der Waals surface area contributed by atoms with Gasteiger partial charge in [0.2, 0.25) is 5.09 Å². The van der Waals surface area contributed by atoms with Gasteiger partial charge in [-0.1, -0.05) is 11.1 Å². The molecular formula is C20H24N2O6S. The molecule has 1 aromatic rings. The number of furan rings is 1. The van der Waals surface area contributed by atoms with Crippen LogP contribution in [0.5, 0.6) is 0 Å². The minimum atomic E-state index is -4.14. The molecule has 2 N–H and O–H groups in total. The highest BCUT2D eigenvalue weighted by atomic mass is 32.2. The summed E-state index contributed by atoms with van der Waals surface area (Å²) >= 11 is 0. The van der Waals surface area contributed by atoms with Gasteiger partial charge in [0.25, 0.3) is 10.0 Å². The maximum absolute atomic E-state index is 12.6. The molecule has 29 heavy (non-hydrogen) atoms. The van der Waals surface area contributed by atoms with Gasteiger partial charge in [-0.3, -0.25) is 0 Å². The fourth-order valence-electron chi connectivity index (χ4n) is 4.88. The summed E-state index contributed by atoms with van der Waals surface area (Å²) in [4.78, 5) is 12.6. The Morgan fingerprint density at radius 2 is 1.66 bits per heavy atom. The van der Waals surface area contributed by atoms with Crippen LogP contribution in [0, 0.1) is 0 Å². The summed E-state index contributed by atoms with van der Waals surface area (Å²) in [7, 11) is -4.14. The third kappa shape index (κ3) is 3.51. The Hall–Kier alpha value is -2.10. The van der Waals surface area contributed by atoms with Crippen molar-refractivity contribution in [2.24, 2.45) is 0 Å². The second-order valence-electron chi connectivity index (χ2n) is 7.93. The first-order valence-electron chi connectivity index (χ1n) is 10.1. The average molecular weight is 420 g/mol. The Morgan fingerprint density at radius 1 is 1.00 bits per heavy atom. The average Bonchev–Trinajstić information content (AvgIpc) is 3.46. The number of amides is 2. The zero-order valence-corrected chi connectivity index (χ0v) is 16.8. The van der Waals surface area contributed by atoms with Gasteiger partial charge in [-0.15, -0.1) is 0 Å². The van der Waals surface area contributed by atoms with Gasteiger partial charge in [0.05, 0.1) is 19.3 Å². The van der Waals surface area contributed by atoms with Crippen molar-refractivity contribution in [3.63, 3.8) is 0 Å². The van der Waals surface area contributed by atoms with Crippen LogP contribution in [0.15, 0.2) is 44.1 Å². The number of nitrogens with one attached hydrogen (secondary N) is 2. The molecule has 4 aliphatic rings. The summed E-state index contributed by atoms with van der Waals surface area (Å²) in [5.41, 5.74) is 5.86. The Labute approximate surface area is 169 Å². The lowest BCUT2D eigenvalue weighted by molar-refractivity contribution is -0.0444. The number of hydrogen-bond acceptors (Lipinski definition) is 6. The molecule has 1 aliphatic heterocycles. The highest BCUT2D eigenvalue weighted by Gasteiger charge is 2.35. The summed E-state index contributed by atoms with van der Waals surface area (Å²) in [6.07, 6.45) is 7.94. The van der Waals surface area contributed by atoms with E-state index in [9.17, 15) is 13.2 Å². The van der Waals surface area contributed by atoms with Crippen molar-refractivity contribution in [1.29, 1.82) is 0 Å². The molecule has 0 aromatic carbocycles. The summed E-state index contributed by atoms with van der Waals surface area (Å²) in [6.45, 7) is 0.880. The van der Waals surface area contributed by atoms with E-state index in [0.29, 0.717) is 18.8 Å². The smallest absolute Gasteiger partial charge is 0.329 e. The van der Waals surface area contributed by atoms with Crippen LogP contribution in [-0.4, -0.2) is 33.7 Å². The second-order valence-corrected chi connectivity index (χ2v) is 9.54. The van der Waals surface area contributed by atoms with Crippen molar-refractivity contribution in [1.82, 2.24) is 10.0 Å². The van der Waals surface area contributed by atoms with Gasteiger partial charge in [-0.2, -0.15) is 8.42 Å². The normalized spacial score (nSPS) is 22.9. The number of urea groups is 1. The Bertz CT molecular complexity index is 970. The maximum atomic E-state index is 12.6. The van der Waals surface area contributed by atoms with Crippen LogP contribution < -0.4 is 10.0 Å². The largest absolute Gasteiger partial charge is 0.451 e. The molecular weight excluding hydrogens is 396 g/mol. The molecule has 1 aromatic heterocycles. The molecule has 2 heterocycles. The highest BCUT2D eigenvalue weighted by molar-refractivity contribution is 7.89. The molecule has 156 valence electrons. The van der Waals surface area contributed by atoms with E-state index in [1.165, 1.54) is 34.6 Å². The van der Waals surface area contributed by atoms with E-state index < -0.39 is 22.3 Å².